The number of carbonyl (C=O) groups is 1. The molecule has 0 radical (unpaired) electrons. The first kappa shape index (κ1) is 16.6. The quantitative estimate of drug-likeness (QED) is 0.584. The number of aryl methyl sites for hydroxylation is 1. The average molecular weight is 316 g/mol. The zero-order valence-electron chi connectivity index (χ0n) is 12.1. The van der Waals surface area contributed by atoms with Crippen molar-refractivity contribution < 1.29 is 9.53 Å². The number of nitrogens with zero attached hydrogens (tertiary/aromatic N) is 1. The maximum absolute atomic E-state index is 11.4. The number of nitrogens with one attached hydrogen (secondary N) is 3. The van der Waals surface area contributed by atoms with Crippen LogP contribution in [0.4, 0.5) is 9.93 Å². The second kappa shape index (κ2) is 7.39. The van der Waals surface area contributed by atoms with Gasteiger partial charge in [0.05, 0.1) is 5.69 Å². The second-order valence-electron chi connectivity index (χ2n) is 5.10. The van der Waals surface area contributed by atoms with Crippen LogP contribution < -0.4 is 16.0 Å². The molecule has 0 aliphatic heterocycles. The molecule has 0 atom stereocenters. The first-order chi connectivity index (χ1) is 9.26. The highest BCUT2D eigenvalue weighted by molar-refractivity contribution is 7.80. The van der Waals surface area contributed by atoms with E-state index < -0.39 is 11.7 Å². The number of rotatable bonds is 4. The first-order valence-electron chi connectivity index (χ1n) is 6.20. The van der Waals surface area contributed by atoms with Crippen LogP contribution in [0.1, 0.15) is 26.5 Å². The average Bonchev–Trinajstić information content (AvgIpc) is 2.68. The number of carbonyl (C=O) groups excluding carboxylic acids is 1. The molecule has 0 spiro atoms. The fourth-order valence-corrected chi connectivity index (χ4v) is 2.16. The smallest absolute Gasteiger partial charge is 0.407 e. The number of anilines is 1. The molecule has 1 aromatic rings. The number of amides is 1. The molecular formula is C12H20N4O2S2. The zero-order chi connectivity index (χ0) is 15.2. The van der Waals surface area contributed by atoms with E-state index in [1.807, 2.05) is 33.1 Å². The van der Waals surface area contributed by atoms with Crippen LogP contribution in [-0.2, 0) is 4.74 Å². The van der Waals surface area contributed by atoms with Crippen LogP contribution in [0.2, 0.25) is 0 Å². The van der Waals surface area contributed by atoms with Crippen LogP contribution in [0.3, 0.4) is 0 Å². The van der Waals surface area contributed by atoms with Gasteiger partial charge in [-0.1, -0.05) is 0 Å². The van der Waals surface area contributed by atoms with Gasteiger partial charge in [0, 0.05) is 18.5 Å². The van der Waals surface area contributed by atoms with Gasteiger partial charge in [-0.15, -0.1) is 11.3 Å². The van der Waals surface area contributed by atoms with Gasteiger partial charge in [0.1, 0.15) is 5.60 Å². The standard InChI is InChI=1S/C12H20N4O2S2/c1-8-7-20-10(15-8)16-9(19)13-5-6-14-11(17)18-12(2,3)4/h7H,5-6H2,1-4H3,(H,14,17)(H2,13,15,16,19). The van der Waals surface area contributed by atoms with Crippen LogP contribution in [0.25, 0.3) is 0 Å². The van der Waals surface area contributed by atoms with Gasteiger partial charge in [-0.05, 0) is 39.9 Å². The second-order valence-corrected chi connectivity index (χ2v) is 6.37. The van der Waals surface area contributed by atoms with Gasteiger partial charge in [-0.2, -0.15) is 0 Å². The molecule has 0 aliphatic carbocycles. The molecule has 8 heteroatoms. The highest BCUT2D eigenvalue weighted by Gasteiger charge is 2.15. The summed E-state index contributed by atoms with van der Waals surface area (Å²) in [7, 11) is 0. The Kier molecular flexibility index (Phi) is 6.15. The van der Waals surface area contributed by atoms with Gasteiger partial charge >= 0.3 is 6.09 Å². The largest absolute Gasteiger partial charge is 0.444 e. The molecule has 112 valence electrons. The molecule has 1 amide bonds. The summed E-state index contributed by atoms with van der Waals surface area (Å²) >= 11 is 6.60. The monoisotopic (exact) mass is 316 g/mol. The lowest BCUT2D eigenvalue weighted by atomic mass is 10.2. The van der Waals surface area contributed by atoms with Crippen LogP contribution in [0, 0.1) is 6.92 Å². The summed E-state index contributed by atoms with van der Waals surface area (Å²) < 4.78 is 5.11. The Bertz CT molecular complexity index is 468. The summed E-state index contributed by atoms with van der Waals surface area (Å²) in [6.07, 6.45) is -0.436. The van der Waals surface area contributed by atoms with E-state index in [0.29, 0.717) is 18.2 Å². The lowest BCUT2D eigenvalue weighted by molar-refractivity contribution is 0.0529. The van der Waals surface area contributed by atoms with Gasteiger partial charge in [-0.3, -0.25) is 0 Å². The third kappa shape index (κ3) is 7.25. The van der Waals surface area contributed by atoms with Crippen molar-refractivity contribution in [2.45, 2.75) is 33.3 Å². The van der Waals surface area contributed by atoms with Crippen LogP contribution >= 0.6 is 23.6 Å². The normalized spacial score (nSPS) is 10.8. The van der Waals surface area contributed by atoms with E-state index in [-0.39, 0.29) is 0 Å². The minimum Gasteiger partial charge on any atom is -0.444 e. The van der Waals surface area contributed by atoms with Crippen molar-refractivity contribution >= 4 is 39.9 Å². The maximum Gasteiger partial charge on any atom is 0.407 e. The molecule has 0 saturated heterocycles. The predicted octanol–water partition coefficient (Wildman–Crippen LogP) is 2.26. The van der Waals surface area contributed by atoms with Crippen molar-refractivity contribution in [1.82, 2.24) is 15.6 Å². The molecule has 0 unspecified atom stereocenters. The third-order valence-corrected chi connectivity index (χ3v) is 3.04. The molecule has 1 heterocycles. The van der Waals surface area contributed by atoms with E-state index in [4.69, 9.17) is 17.0 Å². The molecule has 0 fully saturated rings. The molecule has 0 saturated carbocycles. The summed E-state index contributed by atoms with van der Waals surface area (Å²) in [5.74, 6) is 0. The lowest BCUT2D eigenvalue weighted by Crippen LogP contribution is -2.39. The Morgan fingerprint density at radius 2 is 2.05 bits per heavy atom. The zero-order valence-corrected chi connectivity index (χ0v) is 13.7. The van der Waals surface area contributed by atoms with Gasteiger partial charge < -0.3 is 20.7 Å². The van der Waals surface area contributed by atoms with Crippen molar-refractivity contribution in [2.75, 3.05) is 18.4 Å². The molecule has 0 aliphatic rings. The molecular weight excluding hydrogens is 296 g/mol. The van der Waals surface area contributed by atoms with Gasteiger partial charge in [0.2, 0.25) is 0 Å². The summed E-state index contributed by atoms with van der Waals surface area (Å²) in [4.78, 5) is 15.6. The van der Waals surface area contributed by atoms with Crippen LogP contribution in [0.15, 0.2) is 5.38 Å². The number of alkyl carbamates (subject to hydrolysis) is 1. The van der Waals surface area contributed by atoms with Crippen molar-refractivity contribution in [2.24, 2.45) is 0 Å². The Morgan fingerprint density at radius 1 is 1.40 bits per heavy atom. The topological polar surface area (TPSA) is 75.3 Å². The fourth-order valence-electron chi connectivity index (χ4n) is 1.21. The first-order valence-corrected chi connectivity index (χ1v) is 7.49. The number of hydrogen-bond acceptors (Lipinski definition) is 5. The fraction of sp³-hybridized carbons (Fsp3) is 0.583. The van der Waals surface area contributed by atoms with E-state index >= 15 is 0 Å². The summed E-state index contributed by atoms with van der Waals surface area (Å²) in [5, 5.41) is 11.8. The van der Waals surface area contributed by atoms with Gasteiger partial charge in [-0.25, -0.2) is 9.78 Å². The number of thiocarbonyl (C=S) groups is 1. The SMILES string of the molecule is Cc1csc(NC(=S)NCCNC(=O)OC(C)(C)C)n1. The van der Waals surface area contributed by atoms with E-state index in [1.165, 1.54) is 11.3 Å². The molecule has 0 bridgehead atoms. The van der Waals surface area contributed by atoms with Gasteiger partial charge in [0.25, 0.3) is 0 Å². The Labute approximate surface area is 128 Å². The molecule has 20 heavy (non-hydrogen) atoms. The van der Waals surface area contributed by atoms with Crippen molar-refractivity contribution in [3.8, 4) is 0 Å². The number of thiazole rings is 1. The van der Waals surface area contributed by atoms with E-state index in [2.05, 4.69) is 20.9 Å². The minimum atomic E-state index is -0.489. The summed E-state index contributed by atoms with van der Waals surface area (Å²) in [5.41, 5.74) is 0.462. The van der Waals surface area contributed by atoms with Crippen LogP contribution in [-0.4, -0.2) is 34.9 Å². The predicted molar refractivity (Wildman–Crippen MR) is 85.3 cm³/mol. The molecule has 1 rings (SSSR count). The van der Waals surface area contributed by atoms with Gasteiger partial charge in [0.15, 0.2) is 10.2 Å². The molecule has 1 aromatic heterocycles. The summed E-state index contributed by atoms with van der Waals surface area (Å²) in [6, 6.07) is 0. The maximum atomic E-state index is 11.4. The van der Waals surface area contributed by atoms with E-state index in [1.54, 1.807) is 0 Å². The highest BCUT2D eigenvalue weighted by Crippen LogP contribution is 2.13. The summed E-state index contributed by atoms with van der Waals surface area (Å²) in [6.45, 7) is 8.31. The number of ether oxygens (including phenoxy) is 1. The molecule has 6 nitrogen and oxygen atoms in total. The third-order valence-electron chi connectivity index (χ3n) is 1.92. The Balaban J connectivity index is 2.15. The highest BCUT2D eigenvalue weighted by atomic mass is 32.1. The lowest BCUT2D eigenvalue weighted by Gasteiger charge is -2.19. The van der Waals surface area contributed by atoms with Crippen molar-refractivity contribution in [3.63, 3.8) is 0 Å². The Hall–Kier alpha value is -1.41. The minimum absolute atomic E-state index is 0.424. The molecule has 0 aromatic carbocycles. The number of aromatic nitrogens is 1. The van der Waals surface area contributed by atoms with Crippen molar-refractivity contribution in [1.29, 1.82) is 0 Å². The van der Waals surface area contributed by atoms with Crippen molar-refractivity contribution in [3.05, 3.63) is 11.1 Å². The van der Waals surface area contributed by atoms with Crippen LogP contribution in [0.5, 0.6) is 0 Å². The van der Waals surface area contributed by atoms with E-state index in [9.17, 15) is 4.79 Å². The number of hydrogen-bond donors (Lipinski definition) is 3. The Morgan fingerprint density at radius 3 is 2.60 bits per heavy atom. The van der Waals surface area contributed by atoms with E-state index in [0.717, 1.165) is 10.8 Å². The molecule has 3 N–H and O–H groups in total.